The van der Waals surface area contributed by atoms with Crippen LogP contribution in [0.2, 0.25) is 0 Å². The van der Waals surface area contributed by atoms with Crippen LogP contribution in [-0.2, 0) is 11.9 Å². The maximum Gasteiger partial charge on any atom is 0.281 e. The van der Waals surface area contributed by atoms with Crippen LogP contribution in [0.4, 0.5) is 14.6 Å². The molecular formula is C18H22F2N7S+. The molecular weight excluding hydrogens is 384 g/mol. The van der Waals surface area contributed by atoms with E-state index in [4.69, 9.17) is 4.98 Å². The zero-order valence-corrected chi connectivity index (χ0v) is 16.6. The second-order valence-corrected chi connectivity index (χ2v) is 8.69. The normalized spacial score (nSPS) is 17.8. The molecule has 1 aliphatic rings. The van der Waals surface area contributed by atoms with Crippen molar-refractivity contribution in [1.82, 2.24) is 28.6 Å². The smallest absolute Gasteiger partial charge is 0.281 e. The molecule has 0 bridgehead atoms. The number of nitrogens with zero attached hydrogens (tertiary/aromatic N) is 7. The van der Waals surface area contributed by atoms with Gasteiger partial charge in [-0.05, 0) is 12.5 Å². The van der Waals surface area contributed by atoms with Gasteiger partial charge in [-0.25, -0.2) is 28.7 Å². The lowest BCUT2D eigenvalue weighted by molar-refractivity contribution is 0.145. The summed E-state index contributed by atoms with van der Waals surface area (Å²) in [6.07, 6.45) is 5.60. The number of rotatable bonds is 5. The standard InChI is InChI=1S/C18H21F2N7S/c1-25(2)28-12-4-3-7-26(10-12)15-5-6-21-18(24-15)14-8-23-16-9-22-13(17(19)20)11-27(14)16/h5-6,8-9,11-12,17H,3-4,7,10H2,1-2H3/p+1. The van der Waals surface area contributed by atoms with Crippen molar-refractivity contribution >= 4 is 23.4 Å². The van der Waals surface area contributed by atoms with Gasteiger partial charge in [0.2, 0.25) is 0 Å². The van der Waals surface area contributed by atoms with Gasteiger partial charge >= 0.3 is 0 Å². The Morgan fingerprint density at radius 2 is 2.07 bits per heavy atom. The van der Waals surface area contributed by atoms with Gasteiger partial charge in [0.15, 0.2) is 16.7 Å². The molecule has 0 aromatic carbocycles. The fourth-order valence-electron chi connectivity index (χ4n) is 3.41. The van der Waals surface area contributed by atoms with Crippen molar-refractivity contribution in [3.05, 3.63) is 36.5 Å². The van der Waals surface area contributed by atoms with Crippen LogP contribution in [0.1, 0.15) is 25.0 Å². The molecule has 1 fully saturated rings. The summed E-state index contributed by atoms with van der Waals surface area (Å²) in [5.41, 5.74) is 0.752. The van der Waals surface area contributed by atoms with Crippen LogP contribution >= 0.6 is 0 Å². The van der Waals surface area contributed by atoms with Crippen LogP contribution in [0.25, 0.3) is 17.2 Å². The van der Waals surface area contributed by atoms with Crippen molar-refractivity contribution in [2.24, 2.45) is 0 Å². The maximum atomic E-state index is 13.0. The van der Waals surface area contributed by atoms with Crippen molar-refractivity contribution in [1.29, 1.82) is 0 Å². The molecule has 0 amide bonds. The minimum absolute atomic E-state index is 0.301. The summed E-state index contributed by atoms with van der Waals surface area (Å²) < 4.78 is 29.8. The Balaban J connectivity index is 1.64. The highest BCUT2D eigenvalue weighted by Crippen LogP contribution is 2.24. The lowest BCUT2D eigenvalue weighted by Gasteiger charge is -2.30. The monoisotopic (exact) mass is 406 g/mol. The molecule has 28 heavy (non-hydrogen) atoms. The van der Waals surface area contributed by atoms with Crippen LogP contribution in [-0.4, -0.2) is 61.1 Å². The average molecular weight is 406 g/mol. The van der Waals surface area contributed by atoms with Crippen LogP contribution in [0.5, 0.6) is 0 Å². The van der Waals surface area contributed by atoms with Crippen molar-refractivity contribution in [2.45, 2.75) is 24.5 Å². The third-order valence-electron chi connectivity index (χ3n) is 4.62. The van der Waals surface area contributed by atoms with Gasteiger partial charge in [0.05, 0.1) is 30.9 Å². The highest BCUT2D eigenvalue weighted by molar-refractivity contribution is 7.76. The summed E-state index contributed by atoms with van der Waals surface area (Å²) in [6.45, 7) is 1.88. The first-order chi connectivity index (χ1) is 13.5. The third-order valence-corrected chi connectivity index (χ3v) is 5.83. The molecule has 0 N–H and O–H groups in total. The highest BCUT2D eigenvalue weighted by atomic mass is 32.2. The number of aromatic nitrogens is 5. The molecule has 10 heteroatoms. The van der Waals surface area contributed by atoms with Crippen molar-refractivity contribution in [3.8, 4) is 11.5 Å². The Morgan fingerprint density at radius 3 is 2.86 bits per heavy atom. The predicted octanol–water partition coefficient (Wildman–Crippen LogP) is 2.38. The molecule has 1 unspecified atom stereocenters. The van der Waals surface area contributed by atoms with Crippen LogP contribution in [0, 0.1) is 0 Å². The summed E-state index contributed by atoms with van der Waals surface area (Å²) in [7, 11) is 4.16. The Hall–Kier alpha value is -2.33. The molecule has 4 heterocycles. The van der Waals surface area contributed by atoms with E-state index in [1.54, 1.807) is 16.8 Å². The van der Waals surface area contributed by atoms with Gasteiger partial charge in [-0.2, -0.15) is 0 Å². The van der Waals surface area contributed by atoms with E-state index in [2.05, 4.69) is 38.3 Å². The fourth-order valence-corrected chi connectivity index (χ4v) is 4.64. The van der Waals surface area contributed by atoms with E-state index in [0.717, 1.165) is 25.3 Å². The lowest BCUT2D eigenvalue weighted by atomic mass is 10.1. The molecule has 1 saturated heterocycles. The average Bonchev–Trinajstić information content (AvgIpc) is 3.11. The Kier molecular flexibility index (Phi) is 5.40. The molecule has 0 spiro atoms. The first-order valence-corrected chi connectivity index (χ1v) is 10.0. The topological polar surface area (TPSA) is 62.5 Å². The zero-order valence-electron chi connectivity index (χ0n) is 15.7. The summed E-state index contributed by atoms with van der Waals surface area (Å²) in [6, 6.07) is 1.90. The number of piperidine rings is 1. The van der Waals surface area contributed by atoms with E-state index in [-0.39, 0.29) is 5.69 Å². The van der Waals surface area contributed by atoms with Crippen molar-refractivity contribution in [3.63, 3.8) is 0 Å². The maximum absolute atomic E-state index is 13.0. The van der Waals surface area contributed by atoms with E-state index < -0.39 is 6.43 Å². The molecule has 3 aromatic rings. The number of imidazole rings is 1. The van der Waals surface area contributed by atoms with E-state index in [9.17, 15) is 8.78 Å². The minimum atomic E-state index is -2.65. The summed E-state index contributed by atoms with van der Waals surface area (Å²) in [4.78, 5) is 19.3. The van der Waals surface area contributed by atoms with Gasteiger partial charge in [0.25, 0.3) is 6.43 Å². The van der Waals surface area contributed by atoms with Crippen molar-refractivity contribution in [2.75, 3.05) is 32.1 Å². The number of anilines is 1. The Labute approximate surface area is 166 Å². The molecule has 4 rings (SSSR count). The van der Waals surface area contributed by atoms with E-state index in [1.807, 2.05) is 6.07 Å². The number of halogens is 2. The largest absolute Gasteiger partial charge is 0.351 e. The number of alkyl halides is 2. The van der Waals surface area contributed by atoms with Gasteiger partial charge in [0, 0.05) is 39.5 Å². The number of hydrogen-bond acceptors (Lipinski definition) is 6. The second kappa shape index (κ2) is 7.96. The predicted molar refractivity (Wildman–Crippen MR) is 107 cm³/mol. The molecule has 3 aromatic heterocycles. The Morgan fingerprint density at radius 1 is 1.21 bits per heavy atom. The van der Waals surface area contributed by atoms with E-state index in [1.165, 1.54) is 30.8 Å². The van der Waals surface area contributed by atoms with Gasteiger partial charge in [-0.1, -0.05) is 0 Å². The highest BCUT2D eigenvalue weighted by Gasteiger charge is 2.27. The Bertz CT molecular complexity index is 962. The lowest BCUT2D eigenvalue weighted by Crippen LogP contribution is -2.41. The first kappa shape index (κ1) is 19.0. The number of hydrogen-bond donors (Lipinski definition) is 0. The van der Waals surface area contributed by atoms with E-state index >= 15 is 0 Å². The first-order valence-electron chi connectivity index (χ1n) is 9.09. The molecule has 1 aliphatic heterocycles. The number of fused-ring (bicyclic) bond motifs is 1. The fraction of sp³-hybridized carbons (Fsp3) is 0.444. The van der Waals surface area contributed by atoms with E-state index in [0.29, 0.717) is 22.4 Å². The van der Waals surface area contributed by atoms with Gasteiger partial charge in [-0.3, -0.25) is 4.40 Å². The number of thiol groups is 1. The molecule has 0 saturated carbocycles. The van der Waals surface area contributed by atoms with Crippen LogP contribution in [0.3, 0.4) is 0 Å². The summed E-state index contributed by atoms with van der Waals surface area (Å²) in [5.74, 6) is 1.31. The zero-order chi connectivity index (χ0) is 19.7. The SMILES string of the molecule is CN(C)[SH+]C1CCCN(c2ccnc(-c3cnc4cnc(C(F)F)cn34)n2)C1. The second-order valence-electron chi connectivity index (χ2n) is 6.93. The molecule has 7 nitrogen and oxygen atoms in total. The van der Waals surface area contributed by atoms with Crippen LogP contribution in [0.15, 0.2) is 30.9 Å². The molecule has 1 atom stereocenters. The quantitative estimate of drug-likeness (QED) is 0.479. The third kappa shape index (κ3) is 3.93. The van der Waals surface area contributed by atoms with Crippen molar-refractivity contribution < 1.29 is 8.78 Å². The van der Waals surface area contributed by atoms with Gasteiger partial charge in [-0.15, -0.1) is 4.31 Å². The van der Waals surface area contributed by atoms with Gasteiger partial charge < -0.3 is 4.90 Å². The minimum Gasteiger partial charge on any atom is -0.351 e. The summed E-state index contributed by atoms with van der Waals surface area (Å²) in [5, 5.41) is 0.567. The molecule has 0 radical (unpaired) electrons. The molecule has 148 valence electrons. The van der Waals surface area contributed by atoms with Crippen LogP contribution < -0.4 is 4.90 Å². The van der Waals surface area contributed by atoms with Gasteiger partial charge in [0.1, 0.15) is 17.2 Å². The summed E-state index contributed by atoms with van der Waals surface area (Å²) >= 11 is 1.31. The molecule has 0 aliphatic carbocycles.